The van der Waals surface area contributed by atoms with E-state index >= 15 is 0 Å². The lowest BCUT2D eigenvalue weighted by Gasteiger charge is -2.06. The highest BCUT2D eigenvalue weighted by molar-refractivity contribution is 5.34. The second kappa shape index (κ2) is 7.49. The molecule has 0 spiro atoms. The molecule has 5 heteroatoms. The fraction of sp³-hybridized carbons (Fsp3) is 0.500. The van der Waals surface area contributed by atoms with Crippen molar-refractivity contribution in [3.05, 3.63) is 70.8 Å². The van der Waals surface area contributed by atoms with Crippen molar-refractivity contribution in [2.24, 2.45) is 0 Å². The normalized spacial score (nSPS) is 34.1. The maximum Gasteiger partial charge on any atom is 0.112 e. The van der Waals surface area contributed by atoms with Gasteiger partial charge in [-0.05, 0) is 22.3 Å². The summed E-state index contributed by atoms with van der Waals surface area (Å²) in [5, 5.41) is 0. The van der Waals surface area contributed by atoms with E-state index in [9.17, 15) is 0 Å². The van der Waals surface area contributed by atoms with Crippen LogP contribution in [0.4, 0.5) is 0 Å². The maximum atomic E-state index is 5.95. The van der Waals surface area contributed by atoms with Crippen LogP contribution in [0.3, 0.4) is 0 Å². The maximum absolute atomic E-state index is 5.95. The van der Waals surface area contributed by atoms with Gasteiger partial charge in [0.25, 0.3) is 0 Å². The van der Waals surface area contributed by atoms with E-state index in [0.717, 1.165) is 26.1 Å². The Morgan fingerprint density at radius 1 is 0.690 bits per heavy atom. The quantitative estimate of drug-likeness (QED) is 0.580. The molecule has 0 radical (unpaired) electrons. The van der Waals surface area contributed by atoms with Crippen molar-refractivity contribution in [3.8, 4) is 0 Å². The summed E-state index contributed by atoms with van der Waals surface area (Å²) < 4.78 is 28.5. The second-order valence-corrected chi connectivity index (χ2v) is 8.44. The lowest BCUT2D eigenvalue weighted by Crippen LogP contribution is -2.09. The van der Waals surface area contributed by atoms with E-state index in [0.29, 0.717) is 25.4 Å². The molecule has 0 saturated carbocycles. The summed E-state index contributed by atoms with van der Waals surface area (Å²) in [6.45, 7) is 2.99. The average molecular weight is 394 g/mol. The Morgan fingerprint density at radius 3 is 1.59 bits per heavy atom. The topological polar surface area (TPSA) is 59.4 Å². The van der Waals surface area contributed by atoms with E-state index in [2.05, 4.69) is 48.5 Å². The van der Waals surface area contributed by atoms with Crippen molar-refractivity contribution in [1.82, 2.24) is 0 Å². The Balaban J connectivity index is 0.988. The summed E-state index contributed by atoms with van der Waals surface area (Å²) in [4.78, 5) is 0. The average Bonchev–Trinajstić information content (AvgIpc) is 3.58. The zero-order chi connectivity index (χ0) is 19.2. The van der Waals surface area contributed by atoms with Crippen LogP contribution in [0.1, 0.15) is 34.5 Å². The molecule has 6 atom stereocenters. The van der Waals surface area contributed by atoms with E-state index < -0.39 is 0 Å². The molecule has 152 valence electrons. The molecule has 4 fully saturated rings. The van der Waals surface area contributed by atoms with Crippen LogP contribution in [0.2, 0.25) is 0 Å². The van der Waals surface area contributed by atoms with Gasteiger partial charge in [0.2, 0.25) is 0 Å². The Morgan fingerprint density at radius 2 is 1.14 bits per heavy atom. The van der Waals surface area contributed by atoms with E-state index in [1.807, 2.05) is 0 Å². The molecular weight excluding hydrogens is 368 g/mol. The second-order valence-electron chi connectivity index (χ2n) is 8.44. The largest absolute Gasteiger partial charge is 0.376 e. The molecule has 4 saturated heterocycles. The third kappa shape index (κ3) is 4.25. The van der Waals surface area contributed by atoms with E-state index in [1.54, 1.807) is 0 Å². The van der Waals surface area contributed by atoms with Crippen LogP contribution in [-0.4, -0.2) is 50.8 Å². The number of hydrogen-bond acceptors (Lipinski definition) is 5. The number of epoxide rings is 4. The molecule has 5 nitrogen and oxygen atoms in total. The van der Waals surface area contributed by atoms with Gasteiger partial charge < -0.3 is 23.7 Å². The zero-order valence-electron chi connectivity index (χ0n) is 16.4. The van der Waals surface area contributed by atoms with Crippen LogP contribution in [-0.2, 0) is 36.5 Å². The van der Waals surface area contributed by atoms with Crippen LogP contribution in [0.15, 0.2) is 48.5 Å². The van der Waals surface area contributed by atoms with Gasteiger partial charge in [0.15, 0.2) is 0 Å². The Labute approximate surface area is 170 Å². The van der Waals surface area contributed by atoms with Crippen LogP contribution >= 0.6 is 0 Å². The van der Waals surface area contributed by atoms with Crippen LogP contribution in [0.5, 0.6) is 0 Å². The van der Waals surface area contributed by atoms with Crippen molar-refractivity contribution in [1.29, 1.82) is 0 Å². The van der Waals surface area contributed by atoms with Gasteiger partial charge in [-0.2, -0.15) is 0 Å². The summed E-state index contributed by atoms with van der Waals surface area (Å²) in [5.74, 6) is 0. The monoisotopic (exact) mass is 394 g/mol. The van der Waals surface area contributed by atoms with Crippen LogP contribution in [0.25, 0.3) is 0 Å². The molecule has 0 amide bonds. The van der Waals surface area contributed by atoms with Crippen molar-refractivity contribution >= 4 is 0 Å². The van der Waals surface area contributed by atoms with Gasteiger partial charge in [-0.15, -0.1) is 0 Å². The van der Waals surface area contributed by atoms with Gasteiger partial charge in [-0.1, -0.05) is 48.5 Å². The van der Waals surface area contributed by atoms with Gasteiger partial charge in [-0.25, -0.2) is 0 Å². The van der Waals surface area contributed by atoms with Gasteiger partial charge in [0, 0.05) is 12.8 Å². The first-order valence-electron chi connectivity index (χ1n) is 10.6. The molecule has 0 bridgehead atoms. The fourth-order valence-electron chi connectivity index (χ4n) is 4.24. The third-order valence-electron chi connectivity index (χ3n) is 6.15. The summed E-state index contributed by atoms with van der Waals surface area (Å²) >= 11 is 0. The number of benzene rings is 2. The van der Waals surface area contributed by atoms with Gasteiger partial charge in [0.05, 0.1) is 38.6 Å². The first kappa shape index (κ1) is 18.0. The molecule has 4 aliphatic heterocycles. The van der Waals surface area contributed by atoms with Gasteiger partial charge >= 0.3 is 0 Å². The van der Waals surface area contributed by atoms with Crippen LogP contribution in [0, 0.1) is 0 Å². The molecule has 0 N–H and O–H groups in total. The summed E-state index contributed by atoms with van der Waals surface area (Å²) in [6, 6.07) is 17.1. The molecular formula is C24H26O5. The lowest BCUT2D eigenvalue weighted by molar-refractivity contribution is 0.102. The van der Waals surface area contributed by atoms with Crippen molar-refractivity contribution in [3.63, 3.8) is 0 Å². The third-order valence-corrected chi connectivity index (χ3v) is 6.15. The highest BCUT2D eigenvalue weighted by Gasteiger charge is 2.45. The predicted octanol–water partition coefficient (Wildman–Crippen LogP) is 3.17. The van der Waals surface area contributed by atoms with Crippen molar-refractivity contribution in [2.75, 3.05) is 26.4 Å². The number of rotatable bonds is 10. The minimum atomic E-state index is 0.146. The minimum Gasteiger partial charge on any atom is -0.376 e. The molecule has 4 heterocycles. The molecule has 2 aromatic carbocycles. The highest BCUT2D eigenvalue weighted by atomic mass is 16.6. The Bertz CT molecular complexity index is 804. The molecule has 29 heavy (non-hydrogen) atoms. The first-order valence-corrected chi connectivity index (χ1v) is 10.6. The molecule has 0 aliphatic carbocycles. The Kier molecular flexibility index (Phi) is 4.66. The highest BCUT2D eigenvalue weighted by Crippen LogP contribution is 2.43. The zero-order valence-corrected chi connectivity index (χ0v) is 16.4. The molecule has 4 aliphatic rings. The molecule has 2 aromatic rings. The van der Waals surface area contributed by atoms with E-state index in [4.69, 9.17) is 23.7 Å². The van der Waals surface area contributed by atoms with E-state index in [1.165, 1.54) is 22.3 Å². The van der Waals surface area contributed by atoms with Crippen LogP contribution < -0.4 is 0 Å². The van der Waals surface area contributed by atoms with Crippen molar-refractivity contribution in [2.45, 2.75) is 49.5 Å². The smallest absolute Gasteiger partial charge is 0.112 e. The van der Waals surface area contributed by atoms with Crippen molar-refractivity contribution < 1.29 is 23.7 Å². The lowest BCUT2D eigenvalue weighted by atomic mass is 9.99. The number of ether oxygens (including phenoxy) is 5. The standard InChI is InChI=1S/C24H26O5/c1-3-7-19(15(5-1)9-17-11-26-17)23-21(28-23)13-25-14-22-24(29-22)20-8-4-2-6-16(20)10-18-12-27-18/h1-8,17-18,21-24H,9-14H2. The molecule has 6 unspecified atom stereocenters. The predicted molar refractivity (Wildman–Crippen MR) is 106 cm³/mol. The van der Waals surface area contributed by atoms with Gasteiger partial charge in [0.1, 0.15) is 24.4 Å². The van der Waals surface area contributed by atoms with E-state index in [-0.39, 0.29) is 24.4 Å². The summed E-state index contributed by atoms with van der Waals surface area (Å²) in [7, 11) is 0. The summed E-state index contributed by atoms with van der Waals surface area (Å²) in [6.07, 6.45) is 3.34. The van der Waals surface area contributed by atoms with Gasteiger partial charge in [-0.3, -0.25) is 0 Å². The SMILES string of the molecule is c1ccc(C2OC2COCC2OC2c2ccccc2CC2CO2)c(CC2CO2)c1. The molecule has 0 aromatic heterocycles. The molecule has 6 rings (SSSR count). The minimum absolute atomic E-state index is 0.146. The Hall–Kier alpha value is -1.76. The first-order chi connectivity index (χ1) is 14.3. The summed E-state index contributed by atoms with van der Waals surface area (Å²) in [5.41, 5.74) is 5.25. The fourth-order valence-corrected chi connectivity index (χ4v) is 4.24. The number of hydrogen-bond donors (Lipinski definition) is 0.